The lowest BCUT2D eigenvalue weighted by Crippen LogP contribution is -2.70. The molecule has 55 heavy (non-hydrogen) atoms. The molecule has 4 aromatic carbocycles. The molecule has 0 N–H and O–H groups in total. The van der Waals surface area contributed by atoms with Gasteiger partial charge in [-0.2, -0.15) is 0 Å². The Bertz CT molecular complexity index is 2590. The Balaban J connectivity index is 1.09. The van der Waals surface area contributed by atoms with Crippen LogP contribution in [0.4, 0.5) is 5.69 Å². The number of aryl methyl sites for hydroxylation is 1. The molecule has 9 rings (SSSR count). The Labute approximate surface area is 326 Å². The molecule has 11 nitrogen and oxygen atoms in total. The summed E-state index contributed by atoms with van der Waals surface area (Å²) in [6, 6.07) is 32.2. The van der Waals surface area contributed by atoms with Crippen molar-refractivity contribution in [2.24, 2.45) is 0 Å². The second-order valence-electron chi connectivity index (χ2n) is 13.4. The molecule has 1 fully saturated rings. The van der Waals surface area contributed by atoms with Crippen LogP contribution in [0.3, 0.4) is 0 Å². The van der Waals surface area contributed by atoms with E-state index in [9.17, 15) is 4.79 Å². The minimum atomic E-state index is -0.538. The van der Waals surface area contributed by atoms with E-state index in [1.54, 1.807) is 21.8 Å². The van der Waals surface area contributed by atoms with E-state index in [0.717, 1.165) is 50.0 Å². The average molecular weight is 764 g/mol. The van der Waals surface area contributed by atoms with E-state index in [4.69, 9.17) is 23.2 Å². The Morgan fingerprint density at radius 1 is 0.709 bits per heavy atom. The van der Waals surface area contributed by atoms with Crippen molar-refractivity contribution in [3.8, 4) is 11.4 Å². The minimum absolute atomic E-state index is 0.0274. The Kier molecular flexibility index (Phi) is 9.11. The molecule has 270 valence electrons. The van der Waals surface area contributed by atoms with E-state index in [-0.39, 0.29) is 11.9 Å². The lowest BCUT2D eigenvalue weighted by molar-refractivity contribution is -0.131. The number of fused-ring (bicyclic) bond motifs is 2. The number of aromatic nitrogens is 8. The number of nitrogens with zero attached hydrogens (tertiary/aromatic N) is 10. The van der Waals surface area contributed by atoms with Crippen LogP contribution in [-0.4, -0.2) is 62.8 Å². The van der Waals surface area contributed by atoms with Crippen LogP contribution in [0.25, 0.3) is 39.3 Å². The number of carbonyl (C=O) groups excluding carboxylic acids is 1. The highest BCUT2D eigenvalue weighted by molar-refractivity contribution is 6.31. The van der Waals surface area contributed by atoms with Crippen LogP contribution in [-0.2, 0) is 17.9 Å². The van der Waals surface area contributed by atoms with Crippen molar-refractivity contribution < 1.29 is 4.79 Å². The van der Waals surface area contributed by atoms with Gasteiger partial charge in [-0.25, -0.2) is 9.36 Å². The van der Waals surface area contributed by atoms with Crippen molar-refractivity contribution in [1.82, 2.24) is 44.9 Å². The van der Waals surface area contributed by atoms with Crippen molar-refractivity contribution in [3.63, 3.8) is 0 Å². The predicted molar refractivity (Wildman–Crippen MR) is 214 cm³/mol. The minimum Gasteiger partial charge on any atom is -0.302 e. The van der Waals surface area contributed by atoms with Crippen LogP contribution in [0.5, 0.6) is 0 Å². The summed E-state index contributed by atoms with van der Waals surface area (Å²) in [4.78, 5) is 27.3. The molecule has 1 amide bonds. The molecular formula is C42H32Cl2N10O. The number of rotatable bonds is 10. The van der Waals surface area contributed by atoms with Crippen molar-refractivity contribution in [1.29, 1.82) is 0 Å². The van der Waals surface area contributed by atoms with Crippen LogP contribution < -0.4 is 4.90 Å². The summed E-state index contributed by atoms with van der Waals surface area (Å²) >= 11 is 12.5. The summed E-state index contributed by atoms with van der Waals surface area (Å²) in [7, 11) is 0. The van der Waals surface area contributed by atoms with Crippen LogP contribution >= 0.6 is 23.2 Å². The van der Waals surface area contributed by atoms with Crippen molar-refractivity contribution >= 4 is 62.7 Å². The molecule has 8 aromatic rings. The van der Waals surface area contributed by atoms with Gasteiger partial charge in [0.1, 0.15) is 6.04 Å². The molecule has 5 heterocycles. The number of amides is 1. The third kappa shape index (κ3) is 6.85. The van der Waals surface area contributed by atoms with Gasteiger partial charge in [0.2, 0.25) is 5.91 Å². The first-order chi connectivity index (χ1) is 26.9. The molecule has 1 aliphatic heterocycles. The number of β-lactam (4-membered cyclic amide) rings is 1. The lowest BCUT2D eigenvalue weighted by Gasteiger charge is -2.50. The van der Waals surface area contributed by atoms with Gasteiger partial charge in [0.15, 0.2) is 0 Å². The lowest BCUT2D eigenvalue weighted by atomic mass is 9.90. The summed E-state index contributed by atoms with van der Waals surface area (Å²) in [5, 5.41) is 21.2. The molecule has 2 atom stereocenters. The van der Waals surface area contributed by atoms with Gasteiger partial charge in [-0.3, -0.25) is 19.7 Å². The molecule has 0 spiro atoms. The fourth-order valence-electron chi connectivity index (χ4n) is 7.09. The number of pyridine rings is 2. The molecule has 0 aliphatic carbocycles. The summed E-state index contributed by atoms with van der Waals surface area (Å²) in [5.74, 6) is -0.0274. The van der Waals surface area contributed by atoms with E-state index >= 15 is 0 Å². The van der Waals surface area contributed by atoms with Crippen molar-refractivity contribution in [2.75, 3.05) is 4.90 Å². The number of hydrogen-bond acceptors (Lipinski definition) is 8. The smallest absolute Gasteiger partial charge is 0.247 e. The van der Waals surface area contributed by atoms with E-state index < -0.39 is 6.04 Å². The topological polar surface area (TPSA) is 111 Å². The first-order valence-corrected chi connectivity index (χ1v) is 18.4. The number of hydrogen-bond donors (Lipinski definition) is 0. The fourth-order valence-corrected chi connectivity index (χ4v) is 7.43. The fraction of sp³-hybridized carbons (Fsp3) is 0.119. The second-order valence-corrected chi connectivity index (χ2v) is 14.3. The number of anilines is 1. The first kappa shape index (κ1) is 34.5. The van der Waals surface area contributed by atoms with E-state index in [2.05, 4.69) is 47.6 Å². The highest BCUT2D eigenvalue weighted by atomic mass is 35.5. The summed E-state index contributed by atoms with van der Waals surface area (Å²) in [6.45, 7) is 2.66. The maximum atomic E-state index is 14.4. The molecule has 0 radical (unpaired) electrons. The highest BCUT2D eigenvalue weighted by Gasteiger charge is 2.50. The average Bonchev–Trinajstić information content (AvgIpc) is 3.87. The summed E-state index contributed by atoms with van der Waals surface area (Å²) < 4.78 is 3.47. The van der Waals surface area contributed by atoms with Gasteiger partial charge in [0.25, 0.3) is 0 Å². The standard InChI is InChI=1S/C42H32Cl2N10O/c1-27-7-12-33(13-8-27)54-40(16-9-28-5-3-2-4-6-28)41(42(54)55)51(23-31-25-52(49-47-31)38-17-19-45-36-21-29(43)10-14-34(36)38)24-32-26-53(50-48-32)39-18-20-46-37-22-30(44)11-15-35(37)39/h2-22,25-26,40-41H,23-24H2,1H3/b16-9+/t40-,41+/m1/s1. The largest absolute Gasteiger partial charge is 0.302 e. The third-order valence-electron chi connectivity index (χ3n) is 9.77. The quantitative estimate of drug-likeness (QED) is 0.129. The zero-order chi connectivity index (χ0) is 37.5. The van der Waals surface area contributed by atoms with Gasteiger partial charge >= 0.3 is 0 Å². The van der Waals surface area contributed by atoms with E-state index in [0.29, 0.717) is 34.5 Å². The third-order valence-corrected chi connectivity index (χ3v) is 10.2. The normalized spacial score (nSPS) is 15.8. The first-order valence-electron chi connectivity index (χ1n) is 17.7. The molecule has 0 bridgehead atoms. The van der Waals surface area contributed by atoms with Crippen molar-refractivity contribution in [3.05, 3.63) is 167 Å². The van der Waals surface area contributed by atoms with Gasteiger partial charge in [-0.1, -0.05) is 93.8 Å². The summed E-state index contributed by atoms with van der Waals surface area (Å²) in [5.41, 5.74) is 7.48. The molecular weight excluding hydrogens is 731 g/mol. The van der Waals surface area contributed by atoms with Crippen LogP contribution in [0.15, 0.2) is 134 Å². The molecule has 0 saturated carbocycles. The predicted octanol–water partition coefficient (Wildman–Crippen LogP) is 8.06. The van der Waals surface area contributed by atoms with Gasteiger partial charge < -0.3 is 4.90 Å². The van der Waals surface area contributed by atoms with E-state index in [1.165, 1.54) is 0 Å². The Hall–Kier alpha value is -6.27. The van der Waals surface area contributed by atoms with Gasteiger partial charge in [-0.05, 0) is 73.2 Å². The zero-order valence-corrected chi connectivity index (χ0v) is 31.0. The van der Waals surface area contributed by atoms with Crippen LogP contribution in [0, 0.1) is 6.92 Å². The number of halogens is 2. The second kappa shape index (κ2) is 14.5. The van der Waals surface area contributed by atoms with Crippen LogP contribution in [0.2, 0.25) is 10.0 Å². The number of benzene rings is 4. The van der Waals surface area contributed by atoms with Crippen LogP contribution in [0.1, 0.15) is 22.5 Å². The highest BCUT2D eigenvalue weighted by Crippen LogP contribution is 2.35. The molecule has 1 saturated heterocycles. The molecule has 13 heteroatoms. The van der Waals surface area contributed by atoms with E-state index in [1.807, 2.05) is 127 Å². The van der Waals surface area contributed by atoms with Gasteiger partial charge in [0, 0.05) is 52.0 Å². The molecule has 0 unspecified atom stereocenters. The summed E-state index contributed by atoms with van der Waals surface area (Å²) in [6.07, 6.45) is 11.4. The maximum Gasteiger partial charge on any atom is 0.247 e. The van der Waals surface area contributed by atoms with Crippen molar-refractivity contribution in [2.45, 2.75) is 32.1 Å². The molecule has 1 aliphatic rings. The van der Waals surface area contributed by atoms with Gasteiger partial charge in [0.05, 0.1) is 52.2 Å². The molecule has 4 aromatic heterocycles. The maximum absolute atomic E-state index is 14.4. The SMILES string of the molecule is Cc1ccc(N2C(=O)[C@@H](N(Cc3cn(-c4ccnc5cc(Cl)ccc45)nn3)Cc3cn(-c4ccnc5cc(Cl)ccc45)nn3)[C@H]2/C=C/c2ccccc2)cc1. The number of carbonyl (C=O) groups is 1. The van der Waals surface area contributed by atoms with Gasteiger partial charge in [-0.15, -0.1) is 10.2 Å². The Morgan fingerprint density at radius 3 is 1.84 bits per heavy atom. The monoisotopic (exact) mass is 762 g/mol. The Morgan fingerprint density at radius 2 is 1.27 bits per heavy atom. The zero-order valence-electron chi connectivity index (χ0n) is 29.5.